The molecule has 0 spiro atoms. The van der Waals surface area contributed by atoms with Gasteiger partial charge in [0, 0.05) is 10.2 Å². The molecule has 0 radical (unpaired) electrons. The quantitative estimate of drug-likeness (QED) is 0.475. The summed E-state index contributed by atoms with van der Waals surface area (Å²) >= 11 is 13.1. The van der Waals surface area contributed by atoms with Crippen molar-refractivity contribution in [1.82, 2.24) is 0 Å². The Balaban J connectivity index is 2.93. The zero-order chi connectivity index (χ0) is 9.14. The van der Waals surface area contributed by atoms with Crippen LogP contribution < -0.4 is 5.32 Å². The Morgan fingerprint density at radius 3 is 2.67 bits per heavy atom. The van der Waals surface area contributed by atoms with Gasteiger partial charge in [0.25, 0.3) is 0 Å². The zero-order valence-corrected chi connectivity index (χ0v) is 8.93. The molecule has 0 fully saturated rings. The Morgan fingerprint density at radius 1 is 1.50 bits per heavy atom. The van der Waals surface area contributed by atoms with Crippen LogP contribution in [-0.4, -0.2) is 4.45 Å². The van der Waals surface area contributed by atoms with Crippen molar-refractivity contribution in [2.24, 2.45) is 0 Å². The minimum atomic E-state index is -0.347. The molecular formula is C7H4BrClFNS. The number of hydrogen-bond donors (Lipinski definition) is 1. The SMILES string of the molecule is Fc1cc(Br)cc(NC(=S)Cl)c1. The molecule has 0 unspecified atom stereocenters. The summed E-state index contributed by atoms with van der Waals surface area (Å²) < 4.78 is 13.4. The standard InChI is InChI=1S/C7H4BrClFNS/c8-4-1-5(10)3-6(2-4)11-7(9)12/h1-3H,(H,11,12). The van der Waals surface area contributed by atoms with Crippen LogP contribution in [0.4, 0.5) is 10.1 Å². The van der Waals surface area contributed by atoms with Gasteiger partial charge in [-0.2, -0.15) is 0 Å². The predicted octanol–water partition coefficient (Wildman–Crippen LogP) is 3.52. The largest absolute Gasteiger partial charge is 0.337 e. The van der Waals surface area contributed by atoms with Gasteiger partial charge >= 0.3 is 0 Å². The van der Waals surface area contributed by atoms with Crippen LogP contribution in [0.25, 0.3) is 0 Å². The van der Waals surface area contributed by atoms with Gasteiger partial charge in [-0.15, -0.1) is 0 Å². The highest BCUT2D eigenvalue weighted by molar-refractivity contribution is 9.10. The molecule has 0 atom stereocenters. The van der Waals surface area contributed by atoms with E-state index in [1.165, 1.54) is 12.1 Å². The zero-order valence-electron chi connectivity index (χ0n) is 5.77. The van der Waals surface area contributed by atoms with E-state index in [0.29, 0.717) is 10.2 Å². The van der Waals surface area contributed by atoms with Crippen LogP contribution in [0.1, 0.15) is 0 Å². The fraction of sp³-hybridized carbons (Fsp3) is 0. The third kappa shape index (κ3) is 3.05. The molecule has 0 amide bonds. The van der Waals surface area contributed by atoms with E-state index >= 15 is 0 Å². The van der Waals surface area contributed by atoms with Gasteiger partial charge in [-0.05, 0) is 30.4 Å². The average molecular weight is 269 g/mol. The maximum absolute atomic E-state index is 12.7. The van der Waals surface area contributed by atoms with Gasteiger partial charge in [0.1, 0.15) is 5.82 Å². The number of hydrogen-bond acceptors (Lipinski definition) is 1. The molecule has 5 heteroatoms. The Hall–Kier alpha value is -0.190. The molecule has 1 nitrogen and oxygen atoms in total. The van der Waals surface area contributed by atoms with Gasteiger partial charge in [0.2, 0.25) is 0 Å². The van der Waals surface area contributed by atoms with E-state index in [0.717, 1.165) is 0 Å². The number of rotatable bonds is 1. The van der Waals surface area contributed by atoms with E-state index in [2.05, 4.69) is 33.5 Å². The fourth-order valence-electron chi connectivity index (χ4n) is 0.739. The molecule has 1 N–H and O–H groups in total. The molecule has 12 heavy (non-hydrogen) atoms. The molecule has 1 aromatic carbocycles. The summed E-state index contributed by atoms with van der Waals surface area (Å²) in [6.07, 6.45) is 0. The van der Waals surface area contributed by atoms with Crippen LogP contribution in [0, 0.1) is 5.82 Å². The average Bonchev–Trinajstić information content (AvgIpc) is 1.81. The predicted molar refractivity (Wildman–Crippen MR) is 56.2 cm³/mol. The van der Waals surface area contributed by atoms with E-state index in [1.807, 2.05) is 0 Å². The van der Waals surface area contributed by atoms with Gasteiger partial charge in [-0.3, -0.25) is 0 Å². The Kier molecular flexibility index (Phi) is 3.43. The molecule has 1 aromatic rings. The molecule has 0 aliphatic carbocycles. The molecule has 0 aliphatic rings. The van der Waals surface area contributed by atoms with Gasteiger partial charge in [0.05, 0.1) is 0 Å². The third-order valence-corrected chi connectivity index (χ3v) is 1.76. The number of thiocarbonyl (C=S) groups is 1. The van der Waals surface area contributed by atoms with Crippen molar-refractivity contribution >= 4 is 49.9 Å². The summed E-state index contributed by atoms with van der Waals surface area (Å²) in [6, 6.07) is 4.33. The first-order valence-corrected chi connectivity index (χ1v) is 4.58. The lowest BCUT2D eigenvalue weighted by atomic mass is 10.3. The lowest BCUT2D eigenvalue weighted by molar-refractivity contribution is 0.627. The summed E-state index contributed by atoms with van der Waals surface area (Å²) in [5.41, 5.74) is 0.530. The van der Waals surface area contributed by atoms with Crippen molar-refractivity contribution in [3.63, 3.8) is 0 Å². The molecule has 1 rings (SSSR count). The van der Waals surface area contributed by atoms with Crippen molar-refractivity contribution in [2.75, 3.05) is 5.32 Å². The van der Waals surface area contributed by atoms with Crippen molar-refractivity contribution in [2.45, 2.75) is 0 Å². The van der Waals surface area contributed by atoms with Gasteiger partial charge in [-0.25, -0.2) is 4.39 Å². The second-order valence-electron chi connectivity index (χ2n) is 2.06. The molecule has 0 saturated heterocycles. The first-order valence-electron chi connectivity index (χ1n) is 3.00. The maximum atomic E-state index is 12.7. The third-order valence-electron chi connectivity index (χ3n) is 1.11. The molecule has 0 bridgehead atoms. The number of nitrogens with one attached hydrogen (secondary N) is 1. The molecular weight excluding hydrogens is 265 g/mol. The fourth-order valence-corrected chi connectivity index (χ4v) is 1.43. The van der Waals surface area contributed by atoms with Crippen LogP contribution in [-0.2, 0) is 0 Å². The van der Waals surface area contributed by atoms with Crippen molar-refractivity contribution in [3.8, 4) is 0 Å². The van der Waals surface area contributed by atoms with Gasteiger partial charge in [0.15, 0.2) is 4.45 Å². The lowest BCUT2D eigenvalue weighted by Gasteiger charge is -2.02. The van der Waals surface area contributed by atoms with Crippen LogP contribution in [0.15, 0.2) is 22.7 Å². The Labute approximate surface area is 88.0 Å². The highest BCUT2D eigenvalue weighted by Crippen LogP contribution is 2.18. The monoisotopic (exact) mass is 267 g/mol. The topological polar surface area (TPSA) is 12.0 Å². The van der Waals surface area contributed by atoms with Crippen LogP contribution >= 0.6 is 39.7 Å². The number of benzene rings is 1. The number of halogens is 3. The smallest absolute Gasteiger partial charge is 0.171 e. The summed E-state index contributed by atoms with van der Waals surface area (Å²) in [6.45, 7) is 0. The normalized spacial score (nSPS) is 9.58. The molecule has 0 saturated carbocycles. The highest BCUT2D eigenvalue weighted by Gasteiger charge is 1.98. The van der Waals surface area contributed by atoms with Gasteiger partial charge < -0.3 is 5.32 Å². The Morgan fingerprint density at radius 2 is 2.17 bits per heavy atom. The van der Waals surface area contributed by atoms with Crippen molar-refractivity contribution in [3.05, 3.63) is 28.5 Å². The van der Waals surface area contributed by atoms with Gasteiger partial charge in [-0.1, -0.05) is 27.5 Å². The molecule has 0 aromatic heterocycles. The van der Waals surface area contributed by atoms with E-state index in [9.17, 15) is 4.39 Å². The van der Waals surface area contributed by atoms with E-state index in [1.54, 1.807) is 6.07 Å². The summed E-state index contributed by atoms with van der Waals surface area (Å²) in [5.74, 6) is -0.347. The minimum Gasteiger partial charge on any atom is -0.337 e. The minimum absolute atomic E-state index is 0.0903. The summed E-state index contributed by atoms with van der Waals surface area (Å²) in [4.78, 5) is 0. The second-order valence-corrected chi connectivity index (χ2v) is 3.98. The highest BCUT2D eigenvalue weighted by atomic mass is 79.9. The first kappa shape index (κ1) is 9.89. The van der Waals surface area contributed by atoms with E-state index < -0.39 is 0 Å². The summed E-state index contributed by atoms with van der Waals surface area (Å²) in [7, 11) is 0. The molecule has 0 heterocycles. The van der Waals surface area contributed by atoms with Crippen molar-refractivity contribution < 1.29 is 4.39 Å². The number of anilines is 1. The van der Waals surface area contributed by atoms with Crippen LogP contribution in [0.2, 0.25) is 0 Å². The van der Waals surface area contributed by atoms with Crippen LogP contribution in [0.5, 0.6) is 0 Å². The van der Waals surface area contributed by atoms with Crippen LogP contribution in [0.3, 0.4) is 0 Å². The summed E-state index contributed by atoms with van der Waals surface area (Å²) in [5, 5.41) is 2.61. The van der Waals surface area contributed by atoms with E-state index in [-0.39, 0.29) is 10.3 Å². The molecule has 64 valence electrons. The second kappa shape index (κ2) is 4.16. The Bertz CT molecular complexity index is 298. The lowest BCUT2D eigenvalue weighted by Crippen LogP contribution is -2.00. The molecule has 0 aliphatic heterocycles. The van der Waals surface area contributed by atoms with E-state index in [4.69, 9.17) is 11.6 Å². The maximum Gasteiger partial charge on any atom is 0.171 e. The van der Waals surface area contributed by atoms with Crippen molar-refractivity contribution in [1.29, 1.82) is 0 Å². The first-order chi connectivity index (χ1) is 5.58.